The highest BCUT2D eigenvalue weighted by Gasteiger charge is 2.29. The molecule has 1 rings (SSSR count). The van der Waals surface area contributed by atoms with Crippen molar-refractivity contribution < 1.29 is 15.0 Å². The lowest BCUT2D eigenvalue weighted by molar-refractivity contribution is -0.139. The zero-order valence-electron chi connectivity index (χ0n) is 8.72. The van der Waals surface area contributed by atoms with E-state index in [2.05, 4.69) is 5.92 Å². The molecule has 4 nitrogen and oxygen atoms in total. The minimum Gasteiger partial charge on any atom is -0.480 e. The highest BCUT2D eigenvalue weighted by molar-refractivity contribution is 5.69. The van der Waals surface area contributed by atoms with Gasteiger partial charge in [-0.25, -0.2) is 0 Å². The Balaban J connectivity index is 2.60. The van der Waals surface area contributed by atoms with Gasteiger partial charge in [0.05, 0.1) is 19.2 Å². The molecule has 2 N–H and O–H groups in total. The average molecular weight is 211 g/mol. The summed E-state index contributed by atoms with van der Waals surface area (Å²) in [5, 5.41) is 18.5. The maximum Gasteiger partial charge on any atom is 0.317 e. The first-order valence-corrected chi connectivity index (χ1v) is 5.22. The summed E-state index contributed by atoms with van der Waals surface area (Å²) in [5.41, 5.74) is 0. The van der Waals surface area contributed by atoms with E-state index >= 15 is 0 Å². The van der Waals surface area contributed by atoms with Crippen molar-refractivity contribution in [2.75, 3.05) is 13.1 Å². The number of terminal acetylenes is 1. The standard InChI is InChI=1S/C11H17NO3/c1-2-7-12(8-11(14)15)9-5-3-4-6-10(9)13/h1,9-10,13H,3-8H2,(H,14,15). The number of carbonyl (C=O) groups is 1. The Morgan fingerprint density at radius 2 is 2.13 bits per heavy atom. The molecule has 0 saturated heterocycles. The summed E-state index contributed by atoms with van der Waals surface area (Å²) in [6, 6.07) is -0.0918. The molecule has 0 radical (unpaired) electrons. The van der Waals surface area contributed by atoms with Crippen molar-refractivity contribution >= 4 is 5.97 Å². The molecule has 2 atom stereocenters. The number of aliphatic carboxylic acids is 1. The van der Waals surface area contributed by atoms with Crippen molar-refractivity contribution in [3.63, 3.8) is 0 Å². The Morgan fingerprint density at radius 3 is 2.67 bits per heavy atom. The molecule has 1 aliphatic carbocycles. The van der Waals surface area contributed by atoms with Gasteiger partial charge in [0.1, 0.15) is 0 Å². The van der Waals surface area contributed by atoms with Gasteiger partial charge in [0.25, 0.3) is 0 Å². The molecule has 0 spiro atoms. The molecule has 0 amide bonds. The SMILES string of the molecule is C#CCN(CC(=O)O)C1CCCCC1O. The summed E-state index contributed by atoms with van der Waals surface area (Å²) in [6.07, 6.45) is 8.36. The second kappa shape index (κ2) is 5.74. The lowest BCUT2D eigenvalue weighted by atomic mass is 9.91. The fourth-order valence-electron chi connectivity index (χ4n) is 2.10. The van der Waals surface area contributed by atoms with Gasteiger partial charge in [0, 0.05) is 6.04 Å². The molecular formula is C11H17NO3. The van der Waals surface area contributed by atoms with Crippen LogP contribution < -0.4 is 0 Å². The van der Waals surface area contributed by atoms with Crippen molar-refractivity contribution in [1.29, 1.82) is 0 Å². The van der Waals surface area contributed by atoms with Crippen LogP contribution in [-0.4, -0.2) is 46.3 Å². The van der Waals surface area contributed by atoms with Gasteiger partial charge >= 0.3 is 5.97 Å². The van der Waals surface area contributed by atoms with Crippen molar-refractivity contribution in [2.45, 2.75) is 37.8 Å². The van der Waals surface area contributed by atoms with Crippen molar-refractivity contribution in [3.05, 3.63) is 0 Å². The molecule has 0 aromatic rings. The van der Waals surface area contributed by atoms with Crippen LogP contribution in [0.2, 0.25) is 0 Å². The number of hydrogen-bond donors (Lipinski definition) is 2. The zero-order valence-corrected chi connectivity index (χ0v) is 8.72. The topological polar surface area (TPSA) is 60.8 Å². The van der Waals surface area contributed by atoms with Gasteiger partial charge in [-0.3, -0.25) is 9.69 Å². The smallest absolute Gasteiger partial charge is 0.317 e. The van der Waals surface area contributed by atoms with Crippen LogP contribution in [0.15, 0.2) is 0 Å². The van der Waals surface area contributed by atoms with Crippen LogP contribution in [0, 0.1) is 12.3 Å². The summed E-state index contributed by atoms with van der Waals surface area (Å²) in [7, 11) is 0. The van der Waals surface area contributed by atoms with Gasteiger partial charge in [-0.1, -0.05) is 18.8 Å². The van der Waals surface area contributed by atoms with E-state index in [4.69, 9.17) is 11.5 Å². The number of nitrogens with zero attached hydrogens (tertiary/aromatic N) is 1. The van der Waals surface area contributed by atoms with E-state index in [1.807, 2.05) is 0 Å². The van der Waals surface area contributed by atoms with Crippen molar-refractivity contribution in [3.8, 4) is 12.3 Å². The van der Waals surface area contributed by atoms with E-state index in [1.54, 1.807) is 4.90 Å². The van der Waals surface area contributed by atoms with Crippen molar-refractivity contribution in [1.82, 2.24) is 4.90 Å². The second-order valence-electron chi connectivity index (χ2n) is 3.92. The molecular weight excluding hydrogens is 194 g/mol. The van der Waals surface area contributed by atoms with E-state index in [-0.39, 0.29) is 19.1 Å². The number of aliphatic hydroxyl groups is 1. The molecule has 0 heterocycles. The molecule has 2 unspecified atom stereocenters. The number of rotatable bonds is 4. The van der Waals surface area contributed by atoms with Crippen LogP contribution in [0.25, 0.3) is 0 Å². The molecule has 0 aliphatic heterocycles. The van der Waals surface area contributed by atoms with E-state index < -0.39 is 12.1 Å². The molecule has 0 aromatic heterocycles. The first-order valence-electron chi connectivity index (χ1n) is 5.22. The van der Waals surface area contributed by atoms with E-state index in [0.717, 1.165) is 25.7 Å². The number of hydrogen-bond acceptors (Lipinski definition) is 3. The lowest BCUT2D eigenvalue weighted by Gasteiger charge is -2.35. The second-order valence-corrected chi connectivity index (χ2v) is 3.92. The predicted molar refractivity (Wildman–Crippen MR) is 56.3 cm³/mol. The molecule has 1 saturated carbocycles. The molecule has 1 fully saturated rings. The van der Waals surface area contributed by atoms with Crippen LogP contribution in [0.5, 0.6) is 0 Å². The maximum absolute atomic E-state index is 10.6. The van der Waals surface area contributed by atoms with Crippen molar-refractivity contribution in [2.24, 2.45) is 0 Å². The number of carboxylic acids is 1. The largest absolute Gasteiger partial charge is 0.480 e. The molecule has 15 heavy (non-hydrogen) atoms. The quantitative estimate of drug-likeness (QED) is 0.657. The third-order valence-corrected chi connectivity index (χ3v) is 2.80. The monoisotopic (exact) mass is 211 g/mol. The van der Waals surface area contributed by atoms with Crippen LogP contribution >= 0.6 is 0 Å². The molecule has 0 bridgehead atoms. The fourth-order valence-corrected chi connectivity index (χ4v) is 2.10. The Morgan fingerprint density at radius 1 is 1.47 bits per heavy atom. The summed E-state index contributed by atoms with van der Waals surface area (Å²) in [6.45, 7) is 0.194. The van der Waals surface area contributed by atoms with Gasteiger partial charge < -0.3 is 10.2 Å². The molecule has 1 aliphatic rings. The Kier molecular flexibility index (Phi) is 4.60. The summed E-state index contributed by atoms with van der Waals surface area (Å²) in [5.74, 6) is 1.54. The Labute approximate surface area is 89.9 Å². The summed E-state index contributed by atoms with van der Waals surface area (Å²) >= 11 is 0. The predicted octanol–water partition coefficient (Wildman–Crippen LogP) is 0.310. The first-order chi connectivity index (χ1) is 7.15. The highest BCUT2D eigenvalue weighted by atomic mass is 16.4. The first kappa shape index (κ1) is 12.0. The highest BCUT2D eigenvalue weighted by Crippen LogP contribution is 2.22. The van der Waals surface area contributed by atoms with Gasteiger partial charge in [-0.2, -0.15) is 0 Å². The third-order valence-electron chi connectivity index (χ3n) is 2.80. The van der Waals surface area contributed by atoms with Crippen LogP contribution in [0.3, 0.4) is 0 Å². The Hall–Kier alpha value is -1.05. The number of carboxylic acid groups (broad SMARTS) is 1. The third kappa shape index (κ3) is 3.54. The molecule has 4 heteroatoms. The normalized spacial score (nSPS) is 26.2. The van der Waals surface area contributed by atoms with E-state index in [0.29, 0.717) is 0 Å². The van der Waals surface area contributed by atoms with Crippen LogP contribution in [0.1, 0.15) is 25.7 Å². The summed E-state index contributed by atoms with van der Waals surface area (Å²) < 4.78 is 0. The maximum atomic E-state index is 10.6. The fraction of sp³-hybridized carbons (Fsp3) is 0.727. The average Bonchev–Trinajstić information content (AvgIpc) is 2.17. The van der Waals surface area contributed by atoms with E-state index in [1.165, 1.54) is 0 Å². The minimum absolute atomic E-state index is 0.0913. The van der Waals surface area contributed by atoms with Crippen LogP contribution in [-0.2, 0) is 4.79 Å². The zero-order chi connectivity index (χ0) is 11.3. The lowest BCUT2D eigenvalue weighted by Crippen LogP contribution is -2.47. The van der Waals surface area contributed by atoms with Gasteiger partial charge in [-0.05, 0) is 12.8 Å². The molecule has 0 aromatic carbocycles. The summed E-state index contributed by atoms with van der Waals surface area (Å²) in [4.78, 5) is 12.3. The Bertz CT molecular complexity index is 259. The molecule has 84 valence electrons. The van der Waals surface area contributed by atoms with Gasteiger partial charge in [-0.15, -0.1) is 6.42 Å². The van der Waals surface area contributed by atoms with Gasteiger partial charge in [0.15, 0.2) is 0 Å². The van der Waals surface area contributed by atoms with E-state index in [9.17, 15) is 9.90 Å². The van der Waals surface area contributed by atoms with Gasteiger partial charge in [0.2, 0.25) is 0 Å². The number of aliphatic hydroxyl groups excluding tert-OH is 1. The van der Waals surface area contributed by atoms with Crippen LogP contribution in [0.4, 0.5) is 0 Å². The minimum atomic E-state index is -0.900.